The van der Waals surface area contributed by atoms with Gasteiger partial charge >= 0.3 is 0 Å². The smallest absolute Gasteiger partial charge is 0.0624 e. The van der Waals surface area contributed by atoms with Gasteiger partial charge in [-0.05, 0) is 44.3 Å². The van der Waals surface area contributed by atoms with Crippen LogP contribution in [0.25, 0.3) is 0 Å². The van der Waals surface area contributed by atoms with Gasteiger partial charge < -0.3 is 5.32 Å². The molecule has 0 aliphatic carbocycles. The van der Waals surface area contributed by atoms with Crippen molar-refractivity contribution in [3.8, 4) is 0 Å². The number of nitrogens with one attached hydrogen (secondary N) is 1. The minimum Gasteiger partial charge on any atom is -0.316 e. The predicted molar refractivity (Wildman–Crippen MR) is 68.6 cm³/mol. The molecule has 1 atom stereocenters. The van der Waals surface area contributed by atoms with Crippen molar-refractivity contribution >= 4 is 0 Å². The Kier molecular flexibility index (Phi) is 5.53. The van der Waals surface area contributed by atoms with Gasteiger partial charge in [-0.3, -0.25) is 4.68 Å². The number of aryl methyl sites for hydroxylation is 2. The monoisotopic (exact) mass is 223 g/mol. The maximum Gasteiger partial charge on any atom is 0.0624 e. The van der Waals surface area contributed by atoms with Gasteiger partial charge in [-0.1, -0.05) is 20.8 Å². The lowest BCUT2D eigenvalue weighted by Crippen LogP contribution is -2.23. The largest absolute Gasteiger partial charge is 0.316 e. The molecule has 92 valence electrons. The summed E-state index contributed by atoms with van der Waals surface area (Å²) in [6.45, 7) is 8.86. The van der Waals surface area contributed by atoms with Crippen LogP contribution < -0.4 is 5.32 Å². The van der Waals surface area contributed by atoms with Crippen LogP contribution in [0.1, 0.15) is 38.6 Å². The van der Waals surface area contributed by atoms with Gasteiger partial charge in [-0.2, -0.15) is 5.10 Å². The van der Waals surface area contributed by atoms with Gasteiger partial charge in [0.25, 0.3) is 0 Å². The molecule has 0 aromatic carbocycles. The molecule has 0 spiro atoms. The maximum atomic E-state index is 4.47. The fourth-order valence-electron chi connectivity index (χ4n) is 1.89. The van der Waals surface area contributed by atoms with Crippen LogP contribution in [-0.2, 0) is 19.9 Å². The van der Waals surface area contributed by atoms with Crippen LogP contribution in [0.5, 0.6) is 0 Å². The first-order valence-corrected chi connectivity index (χ1v) is 6.39. The number of nitrogens with zero attached hydrogens (tertiary/aromatic N) is 2. The first-order chi connectivity index (χ1) is 7.67. The van der Waals surface area contributed by atoms with Crippen LogP contribution in [0.4, 0.5) is 0 Å². The third-order valence-electron chi connectivity index (χ3n) is 2.87. The Morgan fingerprint density at radius 3 is 2.75 bits per heavy atom. The van der Waals surface area contributed by atoms with E-state index in [1.54, 1.807) is 0 Å². The molecule has 0 saturated heterocycles. The second-order valence-corrected chi connectivity index (χ2v) is 4.62. The molecule has 1 aromatic rings. The Hall–Kier alpha value is -0.830. The Morgan fingerprint density at radius 2 is 2.19 bits per heavy atom. The molecule has 1 N–H and O–H groups in total. The Labute approximate surface area is 99.2 Å². The third kappa shape index (κ3) is 3.97. The Bertz CT molecular complexity index is 304. The van der Waals surface area contributed by atoms with E-state index in [9.17, 15) is 0 Å². The van der Waals surface area contributed by atoms with E-state index < -0.39 is 0 Å². The molecule has 0 radical (unpaired) electrons. The van der Waals surface area contributed by atoms with E-state index in [4.69, 9.17) is 0 Å². The maximum absolute atomic E-state index is 4.47. The highest BCUT2D eigenvalue weighted by Crippen LogP contribution is 2.09. The van der Waals surface area contributed by atoms with Crippen molar-refractivity contribution in [3.05, 3.63) is 17.5 Å². The van der Waals surface area contributed by atoms with E-state index in [2.05, 4.69) is 37.3 Å². The molecule has 1 rings (SSSR count). The number of hydrogen-bond acceptors (Lipinski definition) is 2. The first-order valence-electron chi connectivity index (χ1n) is 6.39. The fraction of sp³-hybridized carbons (Fsp3) is 0.769. The van der Waals surface area contributed by atoms with Crippen LogP contribution in [-0.4, -0.2) is 22.9 Å². The summed E-state index contributed by atoms with van der Waals surface area (Å²) in [7, 11) is 2.04. The van der Waals surface area contributed by atoms with Crippen molar-refractivity contribution in [1.82, 2.24) is 15.1 Å². The van der Waals surface area contributed by atoms with Crippen molar-refractivity contribution in [1.29, 1.82) is 0 Å². The average Bonchev–Trinajstić information content (AvgIpc) is 2.60. The highest BCUT2D eigenvalue weighted by molar-refractivity contribution is 5.10. The molecule has 0 fully saturated rings. The summed E-state index contributed by atoms with van der Waals surface area (Å²) in [4.78, 5) is 0. The SMILES string of the molecule is CCCNCC(C)Cc1cc(CC)nn1C. The zero-order valence-electron chi connectivity index (χ0n) is 11.1. The molecule has 0 bridgehead atoms. The van der Waals surface area contributed by atoms with Gasteiger partial charge in [0.1, 0.15) is 0 Å². The van der Waals surface area contributed by atoms with E-state index in [-0.39, 0.29) is 0 Å². The van der Waals surface area contributed by atoms with Crippen LogP contribution in [0.15, 0.2) is 6.07 Å². The molecule has 3 nitrogen and oxygen atoms in total. The van der Waals surface area contributed by atoms with Crippen molar-refractivity contribution in [2.45, 2.75) is 40.0 Å². The molecular weight excluding hydrogens is 198 g/mol. The Morgan fingerprint density at radius 1 is 1.44 bits per heavy atom. The summed E-state index contributed by atoms with van der Waals surface area (Å²) < 4.78 is 2.02. The zero-order valence-corrected chi connectivity index (χ0v) is 11.1. The summed E-state index contributed by atoms with van der Waals surface area (Å²) >= 11 is 0. The topological polar surface area (TPSA) is 29.9 Å². The summed E-state index contributed by atoms with van der Waals surface area (Å²) in [5.74, 6) is 0.673. The van der Waals surface area contributed by atoms with Gasteiger partial charge in [0.15, 0.2) is 0 Å². The predicted octanol–water partition coefficient (Wildman–Crippen LogP) is 2.16. The van der Waals surface area contributed by atoms with E-state index in [1.165, 1.54) is 17.8 Å². The summed E-state index contributed by atoms with van der Waals surface area (Å²) in [5, 5.41) is 7.94. The summed E-state index contributed by atoms with van der Waals surface area (Å²) in [6, 6.07) is 2.23. The molecule has 1 heterocycles. The van der Waals surface area contributed by atoms with Gasteiger partial charge in [0, 0.05) is 12.7 Å². The van der Waals surface area contributed by atoms with Gasteiger partial charge in [0.2, 0.25) is 0 Å². The van der Waals surface area contributed by atoms with Crippen LogP contribution >= 0.6 is 0 Å². The van der Waals surface area contributed by atoms with E-state index >= 15 is 0 Å². The standard InChI is InChI=1S/C13H25N3/c1-5-7-14-10-11(3)8-13-9-12(6-2)15-16(13)4/h9,11,14H,5-8,10H2,1-4H3. The van der Waals surface area contributed by atoms with Crippen molar-refractivity contribution in [3.63, 3.8) is 0 Å². The third-order valence-corrected chi connectivity index (χ3v) is 2.87. The number of hydrogen-bond donors (Lipinski definition) is 1. The van der Waals surface area contributed by atoms with Gasteiger partial charge in [0.05, 0.1) is 5.69 Å². The van der Waals surface area contributed by atoms with E-state index in [0.717, 1.165) is 25.9 Å². The molecular formula is C13H25N3. The second-order valence-electron chi connectivity index (χ2n) is 4.62. The van der Waals surface area contributed by atoms with Crippen LogP contribution in [0, 0.1) is 5.92 Å². The van der Waals surface area contributed by atoms with Crippen molar-refractivity contribution < 1.29 is 0 Å². The highest BCUT2D eigenvalue weighted by atomic mass is 15.3. The summed E-state index contributed by atoms with van der Waals surface area (Å²) in [5.41, 5.74) is 2.55. The first kappa shape index (κ1) is 13.2. The highest BCUT2D eigenvalue weighted by Gasteiger charge is 2.08. The zero-order chi connectivity index (χ0) is 12.0. The van der Waals surface area contributed by atoms with Crippen molar-refractivity contribution in [2.75, 3.05) is 13.1 Å². The minimum absolute atomic E-state index is 0.673. The molecule has 0 aliphatic heterocycles. The van der Waals surface area contributed by atoms with Gasteiger partial charge in [-0.25, -0.2) is 0 Å². The minimum atomic E-state index is 0.673. The normalized spacial score (nSPS) is 13.0. The second kappa shape index (κ2) is 6.69. The van der Waals surface area contributed by atoms with Crippen LogP contribution in [0.3, 0.4) is 0 Å². The van der Waals surface area contributed by atoms with Gasteiger partial charge in [-0.15, -0.1) is 0 Å². The molecule has 16 heavy (non-hydrogen) atoms. The number of rotatable bonds is 7. The molecule has 3 heteroatoms. The molecule has 0 aliphatic rings. The lowest BCUT2D eigenvalue weighted by Gasteiger charge is -2.12. The van der Waals surface area contributed by atoms with Crippen molar-refractivity contribution in [2.24, 2.45) is 13.0 Å². The van der Waals surface area contributed by atoms with Crippen LogP contribution in [0.2, 0.25) is 0 Å². The lowest BCUT2D eigenvalue weighted by atomic mass is 10.1. The molecule has 0 saturated carbocycles. The fourth-order valence-corrected chi connectivity index (χ4v) is 1.89. The molecule has 1 unspecified atom stereocenters. The average molecular weight is 223 g/mol. The molecule has 1 aromatic heterocycles. The number of aromatic nitrogens is 2. The Balaban J connectivity index is 2.42. The van der Waals surface area contributed by atoms with E-state index in [0.29, 0.717) is 5.92 Å². The molecule has 0 amide bonds. The lowest BCUT2D eigenvalue weighted by molar-refractivity contribution is 0.495. The van der Waals surface area contributed by atoms with E-state index in [1.807, 2.05) is 11.7 Å². The summed E-state index contributed by atoms with van der Waals surface area (Å²) in [6.07, 6.45) is 3.34. The quantitative estimate of drug-likeness (QED) is 0.718.